The number of nitrogen functional groups attached to an aromatic ring is 1. The number of Topliss-reactive ketones (excluding diaryl/α,β-unsaturated/α-hetero) is 1. The summed E-state index contributed by atoms with van der Waals surface area (Å²) < 4.78 is 3.72. The van der Waals surface area contributed by atoms with Crippen LogP contribution >= 0.6 is 11.6 Å². The number of aromatic nitrogens is 6. The predicted molar refractivity (Wildman–Crippen MR) is 110 cm³/mol. The van der Waals surface area contributed by atoms with Crippen LogP contribution in [0.4, 0.5) is 5.82 Å². The number of carbonyl (C=O) groups excluding carboxylic acids is 1. The van der Waals surface area contributed by atoms with Gasteiger partial charge in [0.05, 0.1) is 10.7 Å². The van der Waals surface area contributed by atoms with Crippen LogP contribution in [0.5, 0.6) is 0 Å². The molecule has 0 fully saturated rings. The Morgan fingerprint density at radius 2 is 1.80 bits per heavy atom. The number of benzene rings is 1. The van der Waals surface area contributed by atoms with E-state index >= 15 is 0 Å². The van der Waals surface area contributed by atoms with Gasteiger partial charge in [0.1, 0.15) is 17.9 Å². The molecule has 0 saturated heterocycles. The highest BCUT2D eigenvalue weighted by Gasteiger charge is 2.24. The van der Waals surface area contributed by atoms with E-state index in [0.29, 0.717) is 5.69 Å². The molecule has 0 unspecified atom stereocenters. The second-order valence-corrected chi connectivity index (χ2v) is 7.52. The zero-order valence-electron chi connectivity index (χ0n) is 16.6. The van der Waals surface area contributed by atoms with E-state index in [0.717, 1.165) is 13.9 Å². The minimum Gasteiger partial charge on any atom is -0.384 e. The molecule has 2 N–H and O–H groups in total. The normalized spacial score (nSPS) is 11.2. The number of tetrazole rings is 1. The predicted octanol–water partition coefficient (Wildman–Crippen LogP) is 0.0639. The molecule has 1 aromatic carbocycles. The molecule has 12 heteroatoms. The molecule has 0 bridgehead atoms. The van der Waals surface area contributed by atoms with Gasteiger partial charge in [-0.3, -0.25) is 18.7 Å². The quantitative estimate of drug-likeness (QED) is 0.542. The summed E-state index contributed by atoms with van der Waals surface area (Å²) in [5.74, 6) is -0.962. The number of para-hydroxylation sites is 1. The van der Waals surface area contributed by atoms with Crippen molar-refractivity contribution in [3.63, 3.8) is 0 Å². The second kappa shape index (κ2) is 8.11. The van der Waals surface area contributed by atoms with E-state index in [1.165, 1.54) is 11.6 Å². The number of hydrogen-bond donors (Lipinski definition) is 1. The molecule has 11 nitrogen and oxygen atoms in total. The highest BCUT2D eigenvalue weighted by Crippen LogP contribution is 2.17. The van der Waals surface area contributed by atoms with E-state index in [4.69, 9.17) is 17.3 Å². The fourth-order valence-corrected chi connectivity index (χ4v) is 3.17. The van der Waals surface area contributed by atoms with Crippen molar-refractivity contribution in [2.75, 3.05) is 5.73 Å². The zero-order valence-corrected chi connectivity index (χ0v) is 17.3. The molecule has 158 valence electrons. The fraction of sp³-hybridized carbons (Fsp3) is 0.333. The SMILES string of the molecule is CC(C)Cn1c(N)c(C(=O)Cn2nnn(-c3ccccc3Cl)c2=O)c(=O)n(C)c1=O. The molecule has 0 aliphatic heterocycles. The lowest BCUT2D eigenvalue weighted by atomic mass is 10.1. The Hall–Kier alpha value is -3.47. The maximum Gasteiger partial charge on any atom is 0.368 e. The number of nitrogens with two attached hydrogens (primary N) is 1. The van der Waals surface area contributed by atoms with Crippen LogP contribution in [0.2, 0.25) is 5.02 Å². The topological polar surface area (TPSA) is 140 Å². The maximum absolute atomic E-state index is 12.9. The van der Waals surface area contributed by atoms with E-state index in [-0.39, 0.29) is 28.9 Å². The highest BCUT2D eigenvalue weighted by molar-refractivity contribution is 6.32. The summed E-state index contributed by atoms with van der Waals surface area (Å²) in [5.41, 5.74) is 3.73. The van der Waals surface area contributed by atoms with E-state index < -0.39 is 29.3 Å². The van der Waals surface area contributed by atoms with Gasteiger partial charge in [0, 0.05) is 13.6 Å². The number of rotatable bonds is 6. The fourth-order valence-electron chi connectivity index (χ4n) is 2.95. The third kappa shape index (κ3) is 3.71. The Bertz CT molecular complexity index is 1300. The van der Waals surface area contributed by atoms with Crippen LogP contribution in [-0.4, -0.2) is 34.7 Å². The molecule has 2 aromatic heterocycles. The summed E-state index contributed by atoms with van der Waals surface area (Å²) in [5, 5.41) is 7.70. The van der Waals surface area contributed by atoms with E-state index in [9.17, 15) is 19.2 Å². The highest BCUT2D eigenvalue weighted by atomic mass is 35.5. The van der Waals surface area contributed by atoms with Gasteiger partial charge in [-0.2, -0.15) is 9.36 Å². The van der Waals surface area contributed by atoms with Gasteiger partial charge >= 0.3 is 11.4 Å². The summed E-state index contributed by atoms with van der Waals surface area (Å²) in [4.78, 5) is 50.4. The molecular formula is C18H20ClN7O4. The molecule has 0 atom stereocenters. The van der Waals surface area contributed by atoms with Gasteiger partial charge < -0.3 is 5.73 Å². The van der Waals surface area contributed by atoms with Crippen molar-refractivity contribution in [3.8, 4) is 5.69 Å². The van der Waals surface area contributed by atoms with Gasteiger partial charge in [-0.05, 0) is 28.5 Å². The van der Waals surface area contributed by atoms with Crippen LogP contribution in [0.15, 0.2) is 38.6 Å². The lowest BCUT2D eigenvalue weighted by molar-refractivity contribution is 0.0963. The standard InChI is InChI=1S/C18H20ClN7O4/c1-10(2)8-24-15(20)14(16(28)23(3)17(24)29)13(27)9-25-18(30)26(22-21-25)12-7-5-4-6-11(12)19/h4-7,10H,8-9,20H2,1-3H3. The van der Waals surface area contributed by atoms with Gasteiger partial charge in [0.2, 0.25) is 0 Å². The summed E-state index contributed by atoms with van der Waals surface area (Å²) in [6.07, 6.45) is 0. The first-order valence-corrected chi connectivity index (χ1v) is 9.41. The van der Waals surface area contributed by atoms with Crippen molar-refractivity contribution in [2.24, 2.45) is 13.0 Å². The average Bonchev–Trinajstić information content (AvgIpc) is 3.04. The number of anilines is 1. The number of halogens is 1. The molecule has 0 aliphatic rings. The van der Waals surface area contributed by atoms with Crippen LogP contribution < -0.4 is 22.7 Å². The second-order valence-electron chi connectivity index (χ2n) is 7.12. The summed E-state index contributed by atoms with van der Waals surface area (Å²) in [6.45, 7) is 3.38. The molecular weight excluding hydrogens is 414 g/mol. The molecule has 3 rings (SSSR count). The lowest BCUT2D eigenvalue weighted by Crippen LogP contribution is -2.44. The van der Waals surface area contributed by atoms with Crippen LogP contribution in [0, 0.1) is 5.92 Å². The monoisotopic (exact) mass is 433 g/mol. The molecule has 0 amide bonds. The van der Waals surface area contributed by atoms with Crippen molar-refractivity contribution in [2.45, 2.75) is 26.9 Å². The van der Waals surface area contributed by atoms with Crippen molar-refractivity contribution < 1.29 is 4.79 Å². The maximum atomic E-state index is 12.9. The van der Waals surface area contributed by atoms with Crippen molar-refractivity contribution in [1.29, 1.82) is 0 Å². The van der Waals surface area contributed by atoms with Crippen LogP contribution in [0.25, 0.3) is 5.69 Å². The molecule has 0 saturated carbocycles. The first-order chi connectivity index (χ1) is 14.1. The van der Waals surface area contributed by atoms with Crippen molar-refractivity contribution >= 4 is 23.2 Å². The third-order valence-electron chi connectivity index (χ3n) is 4.42. The minimum absolute atomic E-state index is 0.0450. The molecule has 30 heavy (non-hydrogen) atoms. The molecule has 0 spiro atoms. The lowest BCUT2D eigenvalue weighted by Gasteiger charge is -2.15. The molecule has 0 radical (unpaired) electrons. The zero-order chi connectivity index (χ0) is 22.2. The third-order valence-corrected chi connectivity index (χ3v) is 4.74. The van der Waals surface area contributed by atoms with Crippen LogP contribution in [-0.2, 0) is 20.1 Å². The van der Waals surface area contributed by atoms with Gasteiger partial charge in [-0.15, -0.1) is 0 Å². The van der Waals surface area contributed by atoms with E-state index in [1.54, 1.807) is 24.3 Å². The first-order valence-electron chi connectivity index (χ1n) is 9.03. The average molecular weight is 434 g/mol. The number of carbonyl (C=O) groups is 1. The summed E-state index contributed by atoms with van der Waals surface area (Å²) >= 11 is 6.08. The van der Waals surface area contributed by atoms with Crippen molar-refractivity contribution in [1.82, 2.24) is 28.9 Å². The van der Waals surface area contributed by atoms with E-state index in [1.807, 2.05) is 13.8 Å². The molecule has 2 heterocycles. The van der Waals surface area contributed by atoms with Crippen LogP contribution in [0.3, 0.4) is 0 Å². The van der Waals surface area contributed by atoms with Gasteiger partial charge in [0.15, 0.2) is 5.78 Å². The number of ketones is 1. The van der Waals surface area contributed by atoms with Gasteiger partial charge in [-0.1, -0.05) is 37.6 Å². The van der Waals surface area contributed by atoms with Gasteiger partial charge in [-0.25, -0.2) is 9.59 Å². The van der Waals surface area contributed by atoms with Crippen LogP contribution in [0.1, 0.15) is 24.2 Å². The number of nitrogens with zero attached hydrogens (tertiary/aromatic N) is 6. The summed E-state index contributed by atoms with van der Waals surface area (Å²) in [6, 6.07) is 6.51. The van der Waals surface area contributed by atoms with E-state index in [2.05, 4.69) is 10.4 Å². The smallest absolute Gasteiger partial charge is 0.368 e. The molecule has 3 aromatic rings. The minimum atomic E-state index is -0.839. The largest absolute Gasteiger partial charge is 0.384 e. The number of hydrogen-bond acceptors (Lipinski definition) is 7. The Labute approximate surface area is 174 Å². The Kier molecular flexibility index (Phi) is 5.74. The van der Waals surface area contributed by atoms with Crippen molar-refractivity contribution in [3.05, 3.63) is 66.2 Å². The molecule has 0 aliphatic carbocycles. The summed E-state index contributed by atoms with van der Waals surface area (Å²) in [7, 11) is 1.26. The Balaban J connectivity index is 2.03. The Morgan fingerprint density at radius 1 is 1.13 bits per heavy atom. The first kappa shape index (κ1) is 21.2. The van der Waals surface area contributed by atoms with Gasteiger partial charge in [0.25, 0.3) is 5.56 Å². The Morgan fingerprint density at radius 3 is 2.43 bits per heavy atom.